The zero-order chi connectivity index (χ0) is 16.7. The van der Waals surface area contributed by atoms with E-state index in [2.05, 4.69) is 71.7 Å². The Balaban J connectivity index is 1.87. The third-order valence-electron chi connectivity index (χ3n) is 3.68. The monoisotopic (exact) mass is 311 g/mol. The predicted molar refractivity (Wildman–Crippen MR) is 90.5 cm³/mol. The van der Waals surface area contributed by atoms with Crippen molar-refractivity contribution in [2.24, 2.45) is 5.16 Å². The van der Waals surface area contributed by atoms with E-state index in [-0.39, 0.29) is 5.41 Å². The number of rotatable bonds is 5. The van der Waals surface area contributed by atoms with E-state index in [0.29, 0.717) is 0 Å². The minimum absolute atomic E-state index is 0.193. The Bertz CT molecular complexity index is 665. The molecule has 0 fully saturated rings. The van der Waals surface area contributed by atoms with Crippen LogP contribution in [0.25, 0.3) is 0 Å². The second-order valence-corrected chi connectivity index (χ2v) is 6.58. The number of oxime groups is 1. The average Bonchev–Trinajstić information content (AvgIpc) is 2.53. The Morgan fingerprint density at radius 1 is 0.913 bits per heavy atom. The smallest absolute Gasteiger partial charge is 0.169 e. The van der Waals surface area contributed by atoms with Gasteiger partial charge in [0.25, 0.3) is 0 Å². The molecular weight excluding hydrogens is 286 g/mol. The van der Waals surface area contributed by atoms with Crippen LogP contribution in [0.1, 0.15) is 31.9 Å². The van der Waals surface area contributed by atoms with Gasteiger partial charge >= 0.3 is 0 Å². The summed E-state index contributed by atoms with van der Waals surface area (Å²) in [5, 5.41) is 11.5. The molecule has 23 heavy (non-hydrogen) atoms. The fourth-order valence-corrected chi connectivity index (χ4v) is 2.21. The molecule has 4 heteroatoms. The van der Waals surface area contributed by atoms with E-state index < -0.39 is 0 Å². The first-order valence-corrected chi connectivity index (χ1v) is 7.80. The van der Waals surface area contributed by atoms with Gasteiger partial charge < -0.3 is 5.21 Å². The molecular formula is C19H25N3O+2. The van der Waals surface area contributed by atoms with Gasteiger partial charge in [0, 0.05) is 29.8 Å². The number of aromatic nitrogens is 2. The summed E-state index contributed by atoms with van der Waals surface area (Å²) in [6.45, 7) is 8.35. The van der Waals surface area contributed by atoms with Crippen molar-refractivity contribution in [3.8, 4) is 0 Å². The van der Waals surface area contributed by atoms with Gasteiger partial charge in [0.15, 0.2) is 37.9 Å². The highest BCUT2D eigenvalue weighted by atomic mass is 16.4. The van der Waals surface area contributed by atoms with Crippen molar-refractivity contribution in [1.82, 2.24) is 0 Å². The van der Waals surface area contributed by atoms with Crippen LogP contribution in [0.4, 0.5) is 0 Å². The molecule has 2 rings (SSSR count). The van der Waals surface area contributed by atoms with Crippen molar-refractivity contribution in [1.29, 1.82) is 0 Å². The van der Waals surface area contributed by atoms with Gasteiger partial charge in [0.1, 0.15) is 0 Å². The predicted octanol–water partition coefficient (Wildman–Crippen LogP) is 2.62. The summed E-state index contributed by atoms with van der Waals surface area (Å²) < 4.78 is 4.23. The Hall–Kier alpha value is -2.49. The molecule has 4 nitrogen and oxygen atoms in total. The topological polar surface area (TPSA) is 40.3 Å². The van der Waals surface area contributed by atoms with Gasteiger partial charge in [-0.05, 0) is 23.1 Å². The lowest BCUT2D eigenvalue weighted by atomic mass is 9.88. The van der Waals surface area contributed by atoms with E-state index in [4.69, 9.17) is 5.21 Å². The van der Waals surface area contributed by atoms with Crippen LogP contribution in [0, 0.1) is 0 Å². The molecule has 120 valence electrons. The molecule has 1 N–H and O–H groups in total. The summed E-state index contributed by atoms with van der Waals surface area (Å²) in [4.78, 5) is 0. The second-order valence-electron chi connectivity index (χ2n) is 6.58. The van der Waals surface area contributed by atoms with Gasteiger partial charge in [-0.15, -0.1) is 0 Å². The van der Waals surface area contributed by atoms with Crippen LogP contribution < -0.4 is 9.13 Å². The fourth-order valence-electron chi connectivity index (χ4n) is 2.21. The van der Waals surface area contributed by atoms with E-state index >= 15 is 0 Å². The lowest BCUT2D eigenvalue weighted by Gasteiger charge is -2.17. The summed E-state index contributed by atoms with van der Waals surface area (Å²) >= 11 is 0. The maximum absolute atomic E-state index is 8.48. The normalized spacial score (nSPS) is 12.3. The molecule has 0 unspecified atom stereocenters. The van der Waals surface area contributed by atoms with E-state index in [1.54, 1.807) is 0 Å². The zero-order valence-corrected chi connectivity index (χ0v) is 14.1. The van der Waals surface area contributed by atoms with Crippen molar-refractivity contribution >= 4 is 6.21 Å². The molecule has 0 aliphatic heterocycles. The molecule has 2 aromatic heterocycles. The van der Waals surface area contributed by atoms with Crippen LogP contribution in [0.5, 0.6) is 0 Å². The Labute approximate surface area is 138 Å². The van der Waals surface area contributed by atoms with E-state index in [0.717, 1.165) is 18.7 Å². The Kier molecular flexibility index (Phi) is 5.63. The summed E-state index contributed by atoms with van der Waals surface area (Å²) in [7, 11) is 0. The van der Waals surface area contributed by atoms with Crippen molar-refractivity contribution in [2.45, 2.75) is 39.3 Å². The summed E-state index contributed by atoms with van der Waals surface area (Å²) in [5.74, 6) is 0. The Morgan fingerprint density at radius 2 is 1.39 bits per heavy atom. The number of hydrogen-bond donors (Lipinski definition) is 1. The fraction of sp³-hybridized carbons (Fsp3) is 0.316. The number of pyridine rings is 2. The van der Waals surface area contributed by atoms with Gasteiger partial charge in [0.2, 0.25) is 0 Å². The first kappa shape index (κ1) is 16.9. The summed E-state index contributed by atoms with van der Waals surface area (Å²) in [5.41, 5.74) is 2.42. The molecule has 0 atom stereocenters. The van der Waals surface area contributed by atoms with Crippen LogP contribution in [-0.4, -0.2) is 11.4 Å². The summed E-state index contributed by atoms with van der Waals surface area (Å²) in [6.07, 6.45) is 13.9. The molecule has 2 aromatic rings. The minimum Gasteiger partial charge on any atom is -0.411 e. The molecule has 0 saturated heterocycles. The van der Waals surface area contributed by atoms with Crippen LogP contribution in [-0.2, 0) is 18.5 Å². The SMILES string of the molecule is CC(C)(C)c1cc[n+](C/C=C/C[n+]2ccc(/C=N\O)cc2)cc1. The number of allylic oxidation sites excluding steroid dienone is 2. The summed E-state index contributed by atoms with van der Waals surface area (Å²) in [6, 6.07) is 8.19. The third-order valence-corrected chi connectivity index (χ3v) is 3.68. The van der Waals surface area contributed by atoms with E-state index in [9.17, 15) is 0 Å². The first-order valence-electron chi connectivity index (χ1n) is 7.80. The average molecular weight is 311 g/mol. The zero-order valence-electron chi connectivity index (χ0n) is 14.1. The molecule has 0 amide bonds. The highest BCUT2D eigenvalue weighted by Gasteiger charge is 2.14. The van der Waals surface area contributed by atoms with Crippen molar-refractivity contribution < 1.29 is 14.3 Å². The van der Waals surface area contributed by atoms with Crippen LogP contribution in [0.3, 0.4) is 0 Å². The number of nitrogens with zero attached hydrogens (tertiary/aromatic N) is 3. The van der Waals surface area contributed by atoms with E-state index in [1.165, 1.54) is 11.8 Å². The second kappa shape index (κ2) is 7.68. The maximum Gasteiger partial charge on any atom is 0.169 e. The van der Waals surface area contributed by atoms with Crippen LogP contribution in [0.15, 0.2) is 66.4 Å². The van der Waals surface area contributed by atoms with Gasteiger partial charge in [-0.3, -0.25) is 0 Å². The lowest BCUT2D eigenvalue weighted by molar-refractivity contribution is -0.691. The van der Waals surface area contributed by atoms with Crippen molar-refractivity contribution in [2.75, 3.05) is 0 Å². The van der Waals surface area contributed by atoms with Gasteiger partial charge in [-0.2, -0.15) is 0 Å². The largest absolute Gasteiger partial charge is 0.411 e. The van der Waals surface area contributed by atoms with Crippen molar-refractivity contribution in [3.63, 3.8) is 0 Å². The molecule has 0 aliphatic carbocycles. The lowest BCUT2D eigenvalue weighted by Crippen LogP contribution is -2.33. The molecule has 2 heterocycles. The highest BCUT2D eigenvalue weighted by Crippen LogP contribution is 2.20. The van der Waals surface area contributed by atoms with Crippen LogP contribution in [0.2, 0.25) is 0 Å². The first-order chi connectivity index (χ1) is 11.0. The minimum atomic E-state index is 0.193. The van der Waals surface area contributed by atoms with Crippen LogP contribution >= 0.6 is 0 Å². The maximum atomic E-state index is 8.48. The molecule has 0 aromatic carbocycles. The highest BCUT2D eigenvalue weighted by molar-refractivity contribution is 5.78. The molecule has 0 radical (unpaired) electrons. The number of hydrogen-bond acceptors (Lipinski definition) is 2. The molecule has 0 aliphatic rings. The molecule has 0 saturated carbocycles. The standard InChI is InChI=1S/C19H24N3O/c1-19(2,3)18-8-14-22(15-9-18)11-5-4-10-21-12-6-17(7-13-21)16-20-23/h4-9,12-16H,10-11H2,1-3H3/q+1/p+1/b5-4+. The Morgan fingerprint density at radius 3 is 1.83 bits per heavy atom. The molecule has 0 bridgehead atoms. The van der Waals surface area contributed by atoms with E-state index in [1.807, 2.05) is 24.5 Å². The third kappa shape index (κ3) is 5.33. The quantitative estimate of drug-likeness (QED) is 0.298. The van der Waals surface area contributed by atoms with Gasteiger partial charge in [0.05, 0.1) is 6.21 Å². The van der Waals surface area contributed by atoms with Gasteiger partial charge in [-0.1, -0.05) is 25.9 Å². The van der Waals surface area contributed by atoms with Crippen molar-refractivity contribution in [3.05, 3.63) is 72.3 Å². The van der Waals surface area contributed by atoms with Gasteiger partial charge in [-0.25, -0.2) is 9.13 Å². The molecule has 0 spiro atoms.